The number of carbonyl (C=O) groups excluding carboxylic acids is 1. The average molecular weight is 441 g/mol. The van der Waals surface area contributed by atoms with Gasteiger partial charge in [-0.25, -0.2) is 4.98 Å². The van der Waals surface area contributed by atoms with E-state index in [2.05, 4.69) is 9.72 Å². The Balaban J connectivity index is 1.62. The van der Waals surface area contributed by atoms with E-state index in [1.807, 2.05) is 4.90 Å². The van der Waals surface area contributed by atoms with Gasteiger partial charge in [0.05, 0.1) is 5.56 Å². The van der Waals surface area contributed by atoms with Crippen molar-refractivity contribution in [3.05, 3.63) is 59.8 Å². The highest BCUT2D eigenvalue weighted by atomic mass is 19.4. The van der Waals surface area contributed by atoms with Crippen molar-refractivity contribution in [1.82, 2.24) is 9.88 Å². The fourth-order valence-corrected chi connectivity index (χ4v) is 3.20. The van der Waals surface area contributed by atoms with E-state index in [4.69, 9.17) is 0 Å². The van der Waals surface area contributed by atoms with Crippen LogP contribution in [0.2, 0.25) is 0 Å². The van der Waals surface area contributed by atoms with E-state index in [0.29, 0.717) is 44.0 Å². The molecule has 0 spiro atoms. The molecule has 1 aliphatic heterocycles. The normalized spacial score (nSPS) is 15.4. The Morgan fingerprint density at radius 2 is 1.84 bits per heavy atom. The number of amides is 1. The van der Waals surface area contributed by atoms with Gasteiger partial charge in [0.1, 0.15) is 11.6 Å². The predicted octanol–water partition coefficient (Wildman–Crippen LogP) is 4.45. The molecule has 0 unspecified atom stereocenters. The molecular formula is C21H20F5N3O2. The molecule has 3 rings (SSSR count). The topological polar surface area (TPSA) is 45.7 Å². The molecule has 166 valence electrons. The molecule has 0 saturated carbocycles. The van der Waals surface area contributed by atoms with Gasteiger partial charge in [-0.15, -0.1) is 0 Å². The maximum absolute atomic E-state index is 12.7. The minimum Gasteiger partial charge on any atom is -0.434 e. The van der Waals surface area contributed by atoms with Crippen LogP contribution in [0.25, 0.3) is 6.08 Å². The Morgan fingerprint density at radius 3 is 2.52 bits per heavy atom. The number of pyridine rings is 1. The minimum atomic E-state index is -4.45. The van der Waals surface area contributed by atoms with Gasteiger partial charge in [-0.3, -0.25) is 4.79 Å². The van der Waals surface area contributed by atoms with Crippen molar-refractivity contribution in [1.29, 1.82) is 0 Å². The van der Waals surface area contributed by atoms with Gasteiger partial charge in [0.2, 0.25) is 5.91 Å². The molecule has 1 aliphatic rings. The van der Waals surface area contributed by atoms with Crippen LogP contribution < -0.4 is 9.64 Å². The monoisotopic (exact) mass is 441 g/mol. The zero-order chi connectivity index (χ0) is 22.4. The molecule has 0 aliphatic carbocycles. The van der Waals surface area contributed by atoms with Crippen molar-refractivity contribution in [3.63, 3.8) is 0 Å². The first-order valence-electron chi connectivity index (χ1n) is 9.53. The summed E-state index contributed by atoms with van der Waals surface area (Å²) in [5.41, 5.74) is -0.467. The van der Waals surface area contributed by atoms with Gasteiger partial charge in [0.25, 0.3) is 0 Å². The van der Waals surface area contributed by atoms with Crippen LogP contribution in [0.3, 0.4) is 0 Å². The zero-order valence-electron chi connectivity index (χ0n) is 16.4. The highest BCUT2D eigenvalue weighted by molar-refractivity contribution is 5.92. The number of carbonyl (C=O) groups is 1. The molecule has 0 bridgehead atoms. The van der Waals surface area contributed by atoms with E-state index in [1.165, 1.54) is 24.3 Å². The largest absolute Gasteiger partial charge is 0.434 e. The highest BCUT2D eigenvalue weighted by Crippen LogP contribution is 2.29. The van der Waals surface area contributed by atoms with E-state index in [0.717, 1.165) is 12.3 Å². The van der Waals surface area contributed by atoms with Crippen LogP contribution in [0.1, 0.15) is 17.5 Å². The molecule has 2 heterocycles. The Labute approximate surface area is 175 Å². The second-order valence-corrected chi connectivity index (χ2v) is 6.82. The van der Waals surface area contributed by atoms with Crippen molar-refractivity contribution in [3.8, 4) is 5.75 Å². The molecule has 1 fully saturated rings. The summed E-state index contributed by atoms with van der Waals surface area (Å²) in [6.45, 7) is -1.23. The van der Waals surface area contributed by atoms with Crippen LogP contribution in [-0.4, -0.2) is 48.6 Å². The first-order valence-corrected chi connectivity index (χ1v) is 9.53. The van der Waals surface area contributed by atoms with Crippen LogP contribution >= 0.6 is 0 Å². The van der Waals surface area contributed by atoms with Gasteiger partial charge >= 0.3 is 12.8 Å². The lowest BCUT2D eigenvalue weighted by Crippen LogP contribution is -2.34. The van der Waals surface area contributed by atoms with Crippen LogP contribution in [0, 0.1) is 0 Å². The molecular weight excluding hydrogens is 421 g/mol. The molecule has 0 radical (unpaired) electrons. The lowest BCUT2D eigenvalue weighted by molar-refractivity contribution is -0.137. The summed E-state index contributed by atoms with van der Waals surface area (Å²) in [5.74, 6) is 0.0852. The number of aromatic nitrogens is 1. The fraction of sp³-hybridized carbons (Fsp3) is 0.333. The van der Waals surface area contributed by atoms with Gasteiger partial charge in [0.15, 0.2) is 0 Å². The van der Waals surface area contributed by atoms with Gasteiger partial charge in [0, 0.05) is 44.0 Å². The van der Waals surface area contributed by atoms with E-state index < -0.39 is 18.4 Å². The molecule has 1 aromatic heterocycles. The van der Waals surface area contributed by atoms with Crippen molar-refractivity contribution in [2.45, 2.75) is 19.2 Å². The lowest BCUT2D eigenvalue weighted by atomic mass is 10.2. The maximum atomic E-state index is 12.7. The number of hydrogen-bond acceptors (Lipinski definition) is 4. The average Bonchev–Trinajstić information content (AvgIpc) is 2.98. The molecule has 5 nitrogen and oxygen atoms in total. The van der Waals surface area contributed by atoms with E-state index in [1.54, 1.807) is 23.1 Å². The van der Waals surface area contributed by atoms with Gasteiger partial charge in [-0.2, -0.15) is 22.0 Å². The van der Waals surface area contributed by atoms with Crippen LogP contribution in [0.4, 0.5) is 27.8 Å². The van der Waals surface area contributed by atoms with E-state index in [9.17, 15) is 26.7 Å². The number of ether oxygens (including phenoxy) is 1. The van der Waals surface area contributed by atoms with Gasteiger partial charge in [-0.1, -0.05) is 18.2 Å². The molecule has 0 atom stereocenters. The van der Waals surface area contributed by atoms with E-state index in [-0.39, 0.29) is 11.7 Å². The molecule has 10 heteroatoms. The summed E-state index contributed by atoms with van der Waals surface area (Å²) < 4.78 is 67.6. The third-order valence-corrected chi connectivity index (χ3v) is 4.75. The zero-order valence-corrected chi connectivity index (χ0v) is 16.4. The first kappa shape index (κ1) is 22.5. The van der Waals surface area contributed by atoms with Crippen LogP contribution in [0.15, 0.2) is 48.7 Å². The van der Waals surface area contributed by atoms with Crippen molar-refractivity contribution in [2.75, 3.05) is 31.1 Å². The smallest absolute Gasteiger partial charge is 0.417 e. The summed E-state index contributed by atoms with van der Waals surface area (Å²) >= 11 is 0. The number of anilines is 1. The number of alkyl halides is 5. The molecule has 1 saturated heterocycles. The molecule has 1 amide bonds. The fourth-order valence-electron chi connectivity index (χ4n) is 3.20. The number of rotatable bonds is 5. The van der Waals surface area contributed by atoms with Gasteiger partial charge < -0.3 is 14.5 Å². The Morgan fingerprint density at radius 1 is 1.06 bits per heavy atom. The predicted molar refractivity (Wildman–Crippen MR) is 105 cm³/mol. The third kappa shape index (κ3) is 6.16. The quantitative estimate of drug-likeness (QED) is 0.508. The van der Waals surface area contributed by atoms with Gasteiger partial charge in [-0.05, 0) is 30.7 Å². The van der Waals surface area contributed by atoms with E-state index >= 15 is 0 Å². The minimum absolute atomic E-state index is 0.0306. The second-order valence-electron chi connectivity index (χ2n) is 6.82. The molecule has 31 heavy (non-hydrogen) atoms. The molecule has 0 N–H and O–H groups in total. The summed E-state index contributed by atoms with van der Waals surface area (Å²) in [4.78, 5) is 19.9. The molecule has 2 aromatic rings. The number of halogens is 5. The van der Waals surface area contributed by atoms with Crippen LogP contribution in [0.5, 0.6) is 5.75 Å². The Kier molecular flexibility index (Phi) is 7.09. The summed E-state index contributed by atoms with van der Waals surface area (Å²) in [5, 5.41) is 0. The van der Waals surface area contributed by atoms with Crippen LogP contribution in [-0.2, 0) is 11.0 Å². The SMILES string of the molecule is O=C(/C=C/c1ccccc1OC(F)F)N1CCCN(c2ccc(C(F)(F)F)cn2)CC1. The Hall–Kier alpha value is -3.17. The van der Waals surface area contributed by atoms with Crippen molar-refractivity contribution >= 4 is 17.8 Å². The number of para-hydroxylation sites is 1. The molecule has 1 aromatic carbocycles. The summed E-state index contributed by atoms with van der Waals surface area (Å²) in [6, 6.07) is 8.44. The highest BCUT2D eigenvalue weighted by Gasteiger charge is 2.31. The number of hydrogen-bond donors (Lipinski definition) is 0. The maximum Gasteiger partial charge on any atom is 0.417 e. The standard InChI is InChI=1S/C21H20F5N3O2/c22-20(23)31-17-5-2-1-4-15(17)6-9-19(30)29-11-3-10-28(12-13-29)18-8-7-16(14-27-18)21(24,25)26/h1-2,4-9,14,20H,3,10-13H2/b9-6+. The van der Waals surface area contributed by atoms with Crippen molar-refractivity contribution < 1.29 is 31.5 Å². The Bertz CT molecular complexity index is 916. The van der Waals surface area contributed by atoms with Crippen molar-refractivity contribution in [2.24, 2.45) is 0 Å². The summed E-state index contributed by atoms with van der Waals surface area (Å²) in [6.07, 6.45) is -0.336. The lowest BCUT2D eigenvalue weighted by Gasteiger charge is -2.22. The number of nitrogens with zero attached hydrogens (tertiary/aromatic N) is 3. The second kappa shape index (κ2) is 9.76. The third-order valence-electron chi connectivity index (χ3n) is 4.75. The number of benzene rings is 1. The first-order chi connectivity index (χ1) is 14.7. The summed E-state index contributed by atoms with van der Waals surface area (Å²) in [7, 11) is 0.